The lowest BCUT2D eigenvalue weighted by atomic mass is 10.2. The zero-order valence-corrected chi connectivity index (χ0v) is 9.37. The summed E-state index contributed by atoms with van der Waals surface area (Å²) >= 11 is 1.47. The van der Waals surface area contributed by atoms with Gasteiger partial charge >= 0.3 is 0 Å². The number of halogens is 1. The van der Waals surface area contributed by atoms with Gasteiger partial charge in [-0.15, -0.1) is 24.0 Å². The van der Waals surface area contributed by atoms with Crippen LogP contribution in [0.2, 0.25) is 0 Å². The zero-order chi connectivity index (χ0) is 7.23. The maximum Gasteiger partial charge on any atom is 0.0423 e. The van der Waals surface area contributed by atoms with E-state index in [1.54, 1.807) is 0 Å². The first-order valence-electron chi connectivity index (χ1n) is 3.05. The summed E-state index contributed by atoms with van der Waals surface area (Å²) in [6.07, 6.45) is 3.80. The van der Waals surface area contributed by atoms with Crippen molar-refractivity contribution in [3.8, 4) is 0 Å². The molecule has 0 aliphatic rings. The summed E-state index contributed by atoms with van der Waals surface area (Å²) in [4.78, 5) is 0. The molecule has 0 saturated carbocycles. The Morgan fingerprint density at radius 3 is 2.45 bits per heavy atom. The SMILES string of the molecule is CSN=Cc1ccccc1.I. The molecular formula is C8H10INS. The van der Waals surface area contributed by atoms with Crippen LogP contribution in [0, 0.1) is 0 Å². The molecular weight excluding hydrogens is 269 g/mol. The van der Waals surface area contributed by atoms with Gasteiger partial charge in [0, 0.05) is 12.5 Å². The number of benzene rings is 1. The van der Waals surface area contributed by atoms with E-state index >= 15 is 0 Å². The minimum absolute atomic E-state index is 0. The van der Waals surface area contributed by atoms with Crippen LogP contribution in [-0.4, -0.2) is 12.5 Å². The van der Waals surface area contributed by atoms with Crippen molar-refractivity contribution in [1.29, 1.82) is 0 Å². The molecule has 0 heterocycles. The van der Waals surface area contributed by atoms with Crippen LogP contribution in [0.5, 0.6) is 0 Å². The van der Waals surface area contributed by atoms with Crippen LogP contribution < -0.4 is 0 Å². The second kappa shape index (κ2) is 6.67. The quantitative estimate of drug-likeness (QED) is 0.460. The van der Waals surface area contributed by atoms with Crippen molar-refractivity contribution in [2.75, 3.05) is 6.26 Å². The monoisotopic (exact) mass is 279 g/mol. The van der Waals surface area contributed by atoms with Gasteiger partial charge in [0.1, 0.15) is 0 Å². The van der Waals surface area contributed by atoms with Gasteiger partial charge in [0.2, 0.25) is 0 Å². The van der Waals surface area contributed by atoms with Crippen LogP contribution in [0.1, 0.15) is 5.56 Å². The van der Waals surface area contributed by atoms with Crippen molar-refractivity contribution in [3.63, 3.8) is 0 Å². The fourth-order valence-electron chi connectivity index (χ4n) is 0.653. The van der Waals surface area contributed by atoms with Crippen molar-refractivity contribution in [2.45, 2.75) is 0 Å². The van der Waals surface area contributed by atoms with E-state index in [0.29, 0.717) is 0 Å². The predicted molar refractivity (Wildman–Crippen MR) is 63.0 cm³/mol. The van der Waals surface area contributed by atoms with Gasteiger partial charge in [-0.25, -0.2) is 4.40 Å². The maximum absolute atomic E-state index is 4.03. The molecule has 0 N–H and O–H groups in total. The number of rotatable bonds is 2. The average molecular weight is 279 g/mol. The Bertz CT molecular complexity index is 211. The van der Waals surface area contributed by atoms with E-state index in [1.165, 1.54) is 11.9 Å². The third-order valence-electron chi connectivity index (χ3n) is 1.11. The van der Waals surface area contributed by atoms with Crippen LogP contribution >= 0.6 is 35.9 Å². The Balaban J connectivity index is 0.000001000. The van der Waals surface area contributed by atoms with Gasteiger partial charge in [-0.3, -0.25) is 0 Å². The summed E-state index contributed by atoms with van der Waals surface area (Å²) in [5.41, 5.74) is 1.15. The third kappa shape index (κ3) is 4.42. The van der Waals surface area contributed by atoms with Gasteiger partial charge in [0.05, 0.1) is 0 Å². The number of hydrogen-bond acceptors (Lipinski definition) is 2. The Hall–Kier alpha value is -0.0300. The van der Waals surface area contributed by atoms with Crippen LogP contribution in [0.3, 0.4) is 0 Å². The first-order chi connectivity index (χ1) is 4.93. The molecule has 0 aliphatic carbocycles. The summed E-state index contributed by atoms with van der Waals surface area (Å²) in [5, 5.41) is 0. The number of hydrogen-bond donors (Lipinski definition) is 0. The molecule has 0 saturated heterocycles. The molecule has 60 valence electrons. The molecule has 0 aliphatic heterocycles. The van der Waals surface area contributed by atoms with Gasteiger partial charge in [0.15, 0.2) is 0 Å². The highest BCUT2D eigenvalue weighted by Gasteiger charge is 1.80. The molecule has 1 aromatic rings. The average Bonchev–Trinajstić information content (AvgIpc) is 2.03. The summed E-state index contributed by atoms with van der Waals surface area (Å²) in [6, 6.07) is 10.1. The largest absolute Gasteiger partial charge is 0.224 e. The van der Waals surface area contributed by atoms with Crippen molar-refractivity contribution < 1.29 is 0 Å². The van der Waals surface area contributed by atoms with E-state index in [2.05, 4.69) is 4.40 Å². The fraction of sp³-hybridized carbons (Fsp3) is 0.125. The Kier molecular flexibility index (Phi) is 6.65. The maximum atomic E-state index is 4.03. The molecule has 0 atom stereocenters. The lowest BCUT2D eigenvalue weighted by Gasteiger charge is -1.87. The molecule has 0 bridgehead atoms. The van der Waals surface area contributed by atoms with Gasteiger partial charge in [-0.05, 0) is 17.5 Å². The highest BCUT2D eigenvalue weighted by Crippen LogP contribution is 1.97. The molecule has 1 nitrogen and oxygen atoms in total. The van der Waals surface area contributed by atoms with Gasteiger partial charge in [-0.1, -0.05) is 30.3 Å². The summed E-state index contributed by atoms with van der Waals surface area (Å²) in [5.74, 6) is 0. The molecule has 3 heteroatoms. The lowest BCUT2D eigenvalue weighted by Crippen LogP contribution is -1.75. The van der Waals surface area contributed by atoms with Crippen molar-refractivity contribution >= 4 is 42.1 Å². The second-order valence-electron chi connectivity index (χ2n) is 1.83. The molecule has 1 rings (SSSR count). The predicted octanol–water partition coefficient (Wildman–Crippen LogP) is 3.00. The highest BCUT2D eigenvalue weighted by atomic mass is 127. The van der Waals surface area contributed by atoms with E-state index in [4.69, 9.17) is 0 Å². The number of nitrogens with zero attached hydrogens (tertiary/aromatic N) is 1. The van der Waals surface area contributed by atoms with Gasteiger partial charge in [-0.2, -0.15) is 0 Å². The topological polar surface area (TPSA) is 12.4 Å². The zero-order valence-electron chi connectivity index (χ0n) is 6.23. The minimum atomic E-state index is 0. The fourth-order valence-corrected chi connectivity index (χ4v) is 0.880. The molecule has 0 spiro atoms. The Morgan fingerprint density at radius 2 is 1.91 bits per heavy atom. The molecule has 1 aromatic carbocycles. The molecule has 0 amide bonds. The van der Waals surface area contributed by atoms with E-state index in [0.717, 1.165) is 5.56 Å². The molecule has 0 radical (unpaired) electrons. The first kappa shape index (κ1) is 11.0. The van der Waals surface area contributed by atoms with E-state index in [1.807, 2.05) is 42.8 Å². The van der Waals surface area contributed by atoms with Crippen LogP contribution in [0.4, 0.5) is 0 Å². The van der Waals surface area contributed by atoms with E-state index in [-0.39, 0.29) is 24.0 Å². The lowest BCUT2D eigenvalue weighted by molar-refractivity contribution is 1.67. The van der Waals surface area contributed by atoms with Crippen molar-refractivity contribution in [2.24, 2.45) is 4.40 Å². The first-order valence-corrected chi connectivity index (χ1v) is 4.23. The second-order valence-corrected chi connectivity index (χ2v) is 2.40. The Labute approximate surface area is 88.5 Å². The van der Waals surface area contributed by atoms with Crippen LogP contribution in [-0.2, 0) is 0 Å². The standard InChI is InChI=1S/C8H9NS.HI/c1-10-9-7-8-5-3-2-4-6-8;/h2-7H,1H3;1H. The molecule has 0 aromatic heterocycles. The van der Waals surface area contributed by atoms with Crippen molar-refractivity contribution in [1.82, 2.24) is 0 Å². The molecule has 0 unspecified atom stereocenters. The van der Waals surface area contributed by atoms with Crippen LogP contribution in [0.15, 0.2) is 34.7 Å². The smallest absolute Gasteiger partial charge is 0.0423 e. The molecule has 0 fully saturated rings. The summed E-state index contributed by atoms with van der Waals surface area (Å²) < 4.78 is 4.03. The summed E-state index contributed by atoms with van der Waals surface area (Å²) in [7, 11) is 0. The van der Waals surface area contributed by atoms with Crippen molar-refractivity contribution in [3.05, 3.63) is 35.9 Å². The Morgan fingerprint density at radius 1 is 1.27 bits per heavy atom. The van der Waals surface area contributed by atoms with E-state index < -0.39 is 0 Å². The summed E-state index contributed by atoms with van der Waals surface area (Å²) in [6.45, 7) is 0. The third-order valence-corrected chi connectivity index (χ3v) is 1.42. The van der Waals surface area contributed by atoms with Gasteiger partial charge in [0.25, 0.3) is 0 Å². The normalized spacial score (nSPS) is 9.55. The van der Waals surface area contributed by atoms with Crippen LogP contribution in [0.25, 0.3) is 0 Å². The minimum Gasteiger partial charge on any atom is -0.224 e. The van der Waals surface area contributed by atoms with E-state index in [9.17, 15) is 0 Å². The highest BCUT2D eigenvalue weighted by molar-refractivity contribution is 14.0. The molecule has 11 heavy (non-hydrogen) atoms. The van der Waals surface area contributed by atoms with Gasteiger partial charge < -0.3 is 0 Å².